The number of rotatable bonds is 5. The van der Waals surface area contributed by atoms with Crippen molar-refractivity contribution in [2.45, 2.75) is 13.5 Å². The van der Waals surface area contributed by atoms with Crippen molar-refractivity contribution in [3.8, 4) is 11.5 Å². The minimum Gasteiger partial charge on any atom is -0.419 e. The van der Waals surface area contributed by atoms with Crippen molar-refractivity contribution in [1.29, 1.82) is 0 Å². The average molecular weight is 284 g/mol. The van der Waals surface area contributed by atoms with Gasteiger partial charge in [-0.2, -0.15) is 4.39 Å². The highest BCUT2D eigenvalue weighted by atomic mass is 19.1. The number of aromatic nitrogens is 2. The average Bonchev–Trinajstić information content (AvgIpc) is 2.87. The largest absolute Gasteiger partial charge is 0.419 e. The van der Waals surface area contributed by atoms with Crippen LogP contribution < -0.4 is 5.32 Å². The van der Waals surface area contributed by atoms with Crippen LogP contribution in [-0.2, 0) is 6.54 Å². The van der Waals surface area contributed by atoms with Crippen LogP contribution >= 0.6 is 0 Å². The first kappa shape index (κ1) is 14.0. The summed E-state index contributed by atoms with van der Waals surface area (Å²) >= 11 is 0. The van der Waals surface area contributed by atoms with E-state index in [9.17, 15) is 18.9 Å². The van der Waals surface area contributed by atoms with Crippen molar-refractivity contribution in [2.24, 2.45) is 0 Å². The summed E-state index contributed by atoms with van der Waals surface area (Å²) in [6.07, 6.45) is 0. The topological polar surface area (TPSA) is 94.1 Å². The molecule has 20 heavy (non-hydrogen) atoms. The lowest BCUT2D eigenvalue weighted by molar-refractivity contribution is -0.387. The lowest BCUT2D eigenvalue weighted by Gasteiger charge is -2.00. The molecular weight excluding hydrogens is 274 g/mol. The molecule has 1 heterocycles. The molecule has 2 aromatic rings. The van der Waals surface area contributed by atoms with E-state index in [1.165, 1.54) is 0 Å². The summed E-state index contributed by atoms with van der Waals surface area (Å²) in [6, 6.07) is 1.27. The number of hydrogen-bond donors (Lipinski definition) is 1. The van der Waals surface area contributed by atoms with Gasteiger partial charge in [0.1, 0.15) is 5.82 Å². The van der Waals surface area contributed by atoms with Gasteiger partial charge in [-0.3, -0.25) is 10.1 Å². The molecule has 0 radical (unpaired) electrons. The summed E-state index contributed by atoms with van der Waals surface area (Å²) in [7, 11) is 0. The fourth-order valence-electron chi connectivity index (χ4n) is 1.53. The van der Waals surface area contributed by atoms with Crippen LogP contribution in [0.15, 0.2) is 16.5 Å². The molecule has 1 aromatic carbocycles. The second-order valence-electron chi connectivity index (χ2n) is 3.82. The summed E-state index contributed by atoms with van der Waals surface area (Å²) in [4.78, 5) is 9.61. The van der Waals surface area contributed by atoms with Gasteiger partial charge in [0.2, 0.25) is 11.7 Å². The number of benzene rings is 1. The van der Waals surface area contributed by atoms with E-state index < -0.39 is 27.8 Å². The summed E-state index contributed by atoms with van der Waals surface area (Å²) in [5.41, 5.74) is -1.42. The normalized spacial score (nSPS) is 10.8. The van der Waals surface area contributed by atoms with E-state index in [0.717, 1.165) is 6.07 Å². The van der Waals surface area contributed by atoms with Crippen molar-refractivity contribution in [2.75, 3.05) is 6.54 Å². The Labute approximate surface area is 111 Å². The van der Waals surface area contributed by atoms with E-state index in [1.54, 1.807) is 0 Å². The molecule has 1 aromatic heterocycles. The molecule has 0 amide bonds. The first-order chi connectivity index (χ1) is 9.52. The number of nitrogens with zero attached hydrogens (tertiary/aromatic N) is 3. The van der Waals surface area contributed by atoms with Crippen LogP contribution in [0.1, 0.15) is 12.8 Å². The van der Waals surface area contributed by atoms with Gasteiger partial charge in [-0.25, -0.2) is 4.39 Å². The lowest BCUT2D eigenvalue weighted by atomic mass is 10.2. The molecule has 0 aliphatic rings. The highest BCUT2D eigenvalue weighted by Crippen LogP contribution is 2.29. The highest BCUT2D eigenvalue weighted by molar-refractivity contribution is 5.59. The molecule has 1 N–H and O–H groups in total. The van der Waals surface area contributed by atoms with Crippen LogP contribution in [0.5, 0.6) is 0 Å². The summed E-state index contributed by atoms with van der Waals surface area (Å²) < 4.78 is 32.3. The Morgan fingerprint density at radius 2 is 2.15 bits per heavy atom. The summed E-state index contributed by atoms with van der Waals surface area (Å²) in [6.45, 7) is 2.80. The predicted octanol–water partition coefficient (Wildman–Crippen LogP) is 2.03. The molecule has 0 aliphatic carbocycles. The molecule has 0 fully saturated rings. The quantitative estimate of drug-likeness (QED) is 0.667. The van der Waals surface area contributed by atoms with Crippen LogP contribution in [0, 0.1) is 21.7 Å². The van der Waals surface area contributed by atoms with Crippen molar-refractivity contribution < 1.29 is 18.1 Å². The van der Waals surface area contributed by atoms with Gasteiger partial charge in [0.05, 0.1) is 23.1 Å². The van der Waals surface area contributed by atoms with E-state index in [4.69, 9.17) is 4.42 Å². The van der Waals surface area contributed by atoms with Gasteiger partial charge in [-0.15, -0.1) is 10.2 Å². The highest BCUT2D eigenvalue weighted by Gasteiger charge is 2.24. The van der Waals surface area contributed by atoms with E-state index in [2.05, 4.69) is 15.5 Å². The maximum atomic E-state index is 13.9. The van der Waals surface area contributed by atoms with Crippen molar-refractivity contribution >= 4 is 5.69 Å². The molecule has 9 heteroatoms. The fraction of sp³-hybridized carbons (Fsp3) is 0.273. The molecule has 2 rings (SSSR count). The zero-order valence-electron chi connectivity index (χ0n) is 10.4. The monoisotopic (exact) mass is 284 g/mol. The van der Waals surface area contributed by atoms with Gasteiger partial charge < -0.3 is 9.73 Å². The van der Waals surface area contributed by atoms with Gasteiger partial charge in [-0.05, 0) is 12.6 Å². The smallest absolute Gasteiger partial charge is 0.308 e. The summed E-state index contributed by atoms with van der Waals surface area (Å²) in [5, 5.41) is 20.7. The van der Waals surface area contributed by atoms with E-state index in [1.807, 2.05) is 6.92 Å². The Bertz CT molecular complexity index is 645. The minimum atomic E-state index is -1.21. The number of nitro groups is 1. The van der Waals surface area contributed by atoms with Crippen molar-refractivity contribution in [1.82, 2.24) is 15.5 Å². The number of nitrogens with one attached hydrogen (secondary N) is 1. The van der Waals surface area contributed by atoms with Gasteiger partial charge in [0.15, 0.2) is 0 Å². The fourth-order valence-corrected chi connectivity index (χ4v) is 1.53. The van der Waals surface area contributed by atoms with Gasteiger partial charge in [0, 0.05) is 0 Å². The molecule has 0 saturated carbocycles. The van der Waals surface area contributed by atoms with Crippen LogP contribution in [-0.4, -0.2) is 21.7 Å². The molecule has 0 atom stereocenters. The third-order valence-corrected chi connectivity index (χ3v) is 2.44. The summed E-state index contributed by atoms with van der Waals surface area (Å²) in [5.74, 6) is -2.30. The number of halogens is 2. The van der Waals surface area contributed by atoms with Gasteiger partial charge in [0.25, 0.3) is 5.89 Å². The lowest BCUT2D eigenvalue weighted by Crippen LogP contribution is -2.11. The van der Waals surface area contributed by atoms with Gasteiger partial charge in [-0.1, -0.05) is 6.92 Å². The second kappa shape index (κ2) is 5.70. The Hall–Kier alpha value is -2.42. The Morgan fingerprint density at radius 3 is 2.80 bits per heavy atom. The Morgan fingerprint density at radius 1 is 1.40 bits per heavy atom. The number of hydrogen-bond acceptors (Lipinski definition) is 6. The Kier molecular flexibility index (Phi) is 3.99. The maximum absolute atomic E-state index is 13.9. The van der Waals surface area contributed by atoms with Crippen LogP contribution in [0.2, 0.25) is 0 Å². The molecule has 0 spiro atoms. The SMILES string of the molecule is CCNCc1nnc(-c2cc(F)cc([N+](=O)[O-])c2F)o1. The molecule has 0 saturated heterocycles. The molecule has 0 aliphatic heterocycles. The zero-order chi connectivity index (χ0) is 14.7. The Balaban J connectivity index is 2.42. The first-order valence-electron chi connectivity index (χ1n) is 5.69. The van der Waals surface area contributed by atoms with Crippen LogP contribution in [0.3, 0.4) is 0 Å². The molecule has 0 unspecified atom stereocenters. The molecule has 106 valence electrons. The third kappa shape index (κ3) is 2.77. The van der Waals surface area contributed by atoms with Crippen LogP contribution in [0.25, 0.3) is 11.5 Å². The van der Waals surface area contributed by atoms with Gasteiger partial charge >= 0.3 is 5.69 Å². The minimum absolute atomic E-state index is 0.174. The molecular formula is C11H10F2N4O3. The first-order valence-corrected chi connectivity index (χ1v) is 5.69. The van der Waals surface area contributed by atoms with E-state index >= 15 is 0 Å². The maximum Gasteiger partial charge on any atom is 0.308 e. The standard InChI is InChI=1S/C11H10F2N4O3/c1-2-14-5-9-15-16-11(20-9)7-3-6(12)4-8(10(7)13)17(18)19/h3-4,14H,2,5H2,1H3. The molecule has 0 bridgehead atoms. The molecule has 7 nitrogen and oxygen atoms in total. The number of nitro benzene ring substituents is 1. The van der Waals surface area contributed by atoms with Crippen molar-refractivity contribution in [3.05, 3.63) is 39.8 Å². The third-order valence-electron chi connectivity index (χ3n) is 2.44. The van der Waals surface area contributed by atoms with E-state index in [-0.39, 0.29) is 18.3 Å². The van der Waals surface area contributed by atoms with E-state index in [0.29, 0.717) is 12.6 Å². The predicted molar refractivity (Wildman–Crippen MR) is 63.7 cm³/mol. The second-order valence-corrected chi connectivity index (χ2v) is 3.82. The zero-order valence-corrected chi connectivity index (χ0v) is 10.4. The van der Waals surface area contributed by atoms with Crippen molar-refractivity contribution in [3.63, 3.8) is 0 Å². The van der Waals surface area contributed by atoms with Crippen LogP contribution in [0.4, 0.5) is 14.5 Å².